The first-order valence-electron chi connectivity index (χ1n) is 23.2. The Labute approximate surface area is 383 Å². The summed E-state index contributed by atoms with van der Waals surface area (Å²) in [6, 6.07) is 54.8. The van der Waals surface area contributed by atoms with Gasteiger partial charge in [0.1, 0.15) is 0 Å². The van der Waals surface area contributed by atoms with E-state index in [2.05, 4.69) is 226 Å². The molecule has 1 aliphatic heterocycles. The van der Waals surface area contributed by atoms with Gasteiger partial charge in [0.15, 0.2) is 7.28 Å². The molecule has 1 heterocycles. The Morgan fingerprint density at radius 1 is 0.594 bits per heavy atom. The second-order valence-electron chi connectivity index (χ2n) is 20.0. The molecule has 7 aromatic carbocycles. The van der Waals surface area contributed by atoms with Crippen molar-refractivity contribution in [1.82, 2.24) is 0 Å². The first kappa shape index (κ1) is 41.6. The normalized spacial score (nSPS) is 17.7. The molecule has 7 aromatic rings. The van der Waals surface area contributed by atoms with E-state index in [-0.39, 0.29) is 10.8 Å². The van der Waals surface area contributed by atoms with Gasteiger partial charge in [0.2, 0.25) is 0 Å². The van der Waals surface area contributed by atoms with Gasteiger partial charge in [-0.3, -0.25) is 0 Å². The topological polar surface area (TPSA) is 12.0 Å². The number of hydrogen-bond acceptors (Lipinski definition) is 1. The van der Waals surface area contributed by atoms with Crippen LogP contribution in [0.5, 0.6) is 0 Å². The molecule has 0 spiro atoms. The summed E-state index contributed by atoms with van der Waals surface area (Å²) in [5.74, 6) is 0. The monoisotopic (exact) mass is 828 g/mol. The Balaban J connectivity index is 1.24. The van der Waals surface area contributed by atoms with Gasteiger partial charge < -0.3 is 5.32 Å². The van der Waals surface area contributed by atoms with Gasteiger partial charge in [-0.15, -0.1) is 0 Å². The van der Waals surface area contributed by atoms with Crippen LogP contribution >= 0.6 is 0 Å². The van der Waals surface area contributed by atoms with Crippen molar-refractivity contribution in [1.29, 1.82) is 0 Å². The molecular formula is C62H59BN. The van der Waals surface area contributed by atoms with Crippen LogP contribution in [0.2, 0.25) is 0 Å². The van der Waals surface area contributed by atoms with E-state index >= 15 is 0 Å². The maximum absolute atomic E-state index is 4.21. The quantitative estimate of drug-likeness (QED) is 0.158. The van der Waals surface area contributed by atoms with Crippen molar-refractivity contribution in [2.75, 3.05) is 5.32 Å². The maximum Gasteiger partial charge on any atom is 0.187 e. The van der Waals surface area contributed by atoms with Gasteiger partial charge in [-0.1, -0.05) is 203 Å². The van der Waals surface area contributed by atoms with Crippen LogP contribution in [0.25, 0.3) is 27.8 Å². The predicted octanol–water partition coefficient (Wildman–Crippen LogP) is 15.2. The molecule has 1 nitrogen and oxygen atoms in total. The van der Waals surface area contributed by atoms with Crippen molar-refractivity contribution in [3.05, 3.63) is 237 Å². The number of allylic oxidation sites excluding steroid dienone is 5. The number of aryl methyl sites for hydroxylation is 3. The fourth-order valence-electron chi connectivity index (χ4n) is 11.8. The number of fused-ring (bicyclic) bond motifs is 4. The summed E-state index contributed by atoms with van der Waals surface area (Å²) < 4.78 is 0. The molecule has 2 heteroatoms. The molecule has 64 heavy (non-hydrogen) atoms. The lowest BCUT2D eigenvalue weighted by Crippen LogP contribution is -2.35. The molecule has 0 atom stereocenters. The van der Waals surface area contributed by atoms with E-state index in [1.54, 1.807) is 0 Å². The smallest absolute Gasteiger partial charge is 0.187 e. The highest BCUT2D eigenvalue weighted by Crippen LogP contribution is 2.56. The molecule has 1 radical (unpaired) electrons. The Kier molecular flexibility index (Phi) is 10.2. The minimum absolute atomic E-state index is 0.119. The van der Waals surface area contributed by atoms with Crippen molar-refractivity contribution >= 4 is 29.7 Å². The summed E-state index contributed by atoms with van der Waals surface area (Å²) in [5, 5.41) is 4.07. The van der Waals surface area contributed by atoms with E-state index in [0.29, 0.717) is 0 Å². The van der Waals surface area contributed by atoms with Crippen LogP contribution in [0.1, 0.15) is 109 Å². The highest BCUT2D eigenvalue weighted by Gasteiger charge is 2.45. The molecular weight excluding hydrogens is 770 g/mol. The van der Waals surface area contributed by atoms with Gasteiger partial charge in [0, 0.05) is 11.3 Å². The average molecular weight is 829 g/mol. The summed E-state index contributed by atoms with van der Waals surface area (Å²) >= 11 is 0. The maximum atomic E-state index is 4.21. The molecule has 0 bridgehead atoms. The zero-order valence-corrected chi connectivity index (χ0v) is 38.9. The van der Waals surface area contributed by atoms with E-state index < -0.39 is 5.41 Å². The first-order valence-corrected chi connectivity index (χ1v) is 23.2. The van der Waals surface area contributed by atoms with Crippen LogP contribution in [0.4, 0.5) is 11.4 Å². The van der Waals surface area contributed by atoms with Gasteiger partial charge in [0.05, 0.1) is 11.1 Å². The van der Waals surface area contributed by atoms with Crippen LogP contribution < -0.4 is 10.8 Å². The molecule has 2 aliphatic carbocycles. The van der Waals surface area contributed by atoms with Crippen molar-refractivity contribution in [2.45, 2.75) is 90.9 Å². The van der Waals surface area contributed by atoms with Crippen molar-refractivity contribution in [3.8, 4) is 22.3 Å². The number of para-hydroxylation sites is 2. The number of nitrogens with one attached hydrogen (secondary N) is 1. The van der Waals surface area contributed by atoms with Gasteiger partial charge in [-0.05, 0) is 146 Å². The third-order valence-corrected chi connectivity index (χ3v) is 15.0. The van der Waals surface area contributed by atoms with Crippen LogP contribution in [0.15, 0.2) is 175 Å². The molecule has 10 rings (SSSR count). The summed E-state index contributed by atoms with van der Waals surface area (Å²) in [4.78, 5) is 0. The minimum Gasteiger partial charge on any atom is -0.354 e. The molecule has 0 saturated carbocycles. The number of anilines is 2. The summed E-state index contributed by atoms with van der Waals surface area (Å²) in [6.07, 6.45) is 7.54. The summed E-state index contributed by atoms with van der Waals surface area (Å²) in [6.45, 7) is 23.1. The minimum atomic E-state index is -0.559. The van der Waals surface area contributed by atoms with E-state index in [1.807, 2.05) is 6.08 Å². The Hall–Kier alpha value is -6.38. The molecule has 0 amide bonds. The zero-order valence-electron chi connectivity index (χ0n) is 38.9. The van der Waals surface area contributed by atoms with Crippen molar-refractivity contribution < 1.29 is 0 Å². The molecule has 0 aromatic heterocycles. The summed E-state index contributed by atoms with van der Waals surface area (Å²) in [5.41, 5.74) is 26.8. The number of hydrogen-bond donors (Lipinski definition) is 1. The lowest BCUT2D eigenvalue weighted by atomic mass is 9.57. The molecule has 0 fully saturated rings. The van der Waals surface area contributed by atoms with Crippen LogP contribution in [0.3, 0.4) is 0 Å². The Morgan fingerprint density at radius 2 is 1.19 bits per heavy atom. The molecule has 0 unspecified atom stereocenters. The van der Waals surface area contributed by atoms with Gasteiger partial charge in [-0.25, -0.2) is 0 Å². The SMILES string of the molecule is C=C/C=C1/Cc2cc3c(cc2/C1=C(\C)[B]c1c(C)cc(-c2c(C)cccc2C)cc1-c1cccc2c1Nc1ccccc1C2(c1ccccc1)c1ccccc1)C(C)(C)CCC3(C)C. The lowest BCUT2D eigenvalue weighted by Gasteiger charge is -2.43. The second kappa shape index (κ2) is 15.7. The fraction of sp³-hybridized carbons (Fsp3) is 0.226. The Bertz CT molecular complexity index is 3010. The van der Waals surface area contributed by atoms with Gasteiger partial charge >= 0.3 is 0 Å². The lowest BCUT2D eigenvalue weighted by molar-refractivity contribution is 0.331. The number of benzene rings is 7. The van der Waals surface area contributed by atoms with Crippen LogP contribution in [0, 0.1) is 20.8 Å². The zero-order chi connectivity index (χ0) is 44.5. The van der Waals surface area contributed by atoms with Gasteiger partial charge in [0.25, 0.3) is 0 Å². The number of rotatable bonds is 7. The van der Waals surface area contributed by atoms with E-state index in [0.717, 1.165) is 17.8 Å². The van der Waals surface area contributed by atoms with E-state index in [9.17, 15) is 0 Å². The third kappa shape index (κ3) is 6.60. The largest absolute Gasteiger partial charge is 0.354 e. The average Bonchev–Trinajstić information content (AvgIpc) is 3.65. The highest BCUT2D eigenvalue weighted by atomic mass is 14.9. The Morgan fingerprint density at radius 3 is 1.84 bits per heavy atom. The molecule has 315 valence electrons. The fourth-order valence-corrected chi connectivity index (χ4v) is 11.8. The predicted molar refractivity (Wildman–Crippen MR) is 275 cm³/mol. The third-order valence-electron chi connectivity index (χ3n) is 15.0. The molecule has 3 aliphatic rings. The molecule has 1 N–H and O–H groups in total. The molecule has 0 saturated heterocycles. The summed E-state index contributed by atoms with van der Waals surface area (Å²) in [7, 11) is 2.49. The highest BCUT2D eigenvalue weighted by molar-refractivity contribution is 6.64. The van der Waals surface area contributed by atoms with Crippen LogP contribution in [-0.4, -0.2) is 7.28 Å². The van der Waals surface area contributed by atoms with Crippen molar-refractivity contribution in [3.63, 3.8) is 0 Å². The standard InChI is InChI=1S/C62H59BN/c1-10-21-43-35-44-37-53-54(61(8,9)33-32-60(53,6)7)38-49(44)57(43)42(5)63-58-41(4)34-45(56-39(2)22-19-23-40(56)3)36-50(58)48-28-20-30-52-59(48)64-55-31-18-17-29-51(55)62(52,46-24-13-11-14-25-46)47-26-15-12-16-27-47/h10-31,34,36-38,64H,1,32-33,35H2,2-9H3/b43-21-,57-42+. The van der Waals surface area contributed by atoms with Crippen LogP contribution in [-0.2, 0) is 22.7 Å². The van der Waals surface area contributed by atoms with E-state index in [4.69, 9.17) is 0 Å². The first-order chi connectivity index (χ1) is 30.8. The van der Waals surface area contributed by atoms with Crippen molar-refractivity contribution in [2.24, 2.45) is 0 Å². The van der Waals surface area contributed by atoms with Gasteiger partial charge in [-0.2, -0.15) is 0 Å². The van der Waals surface area contributed by atoms with E-state index in [1.165, 1.54) is 118 Å². The second-order valence-corrected chi connectivity index (χ2v) is 20.0.